The number of hydrogen-bond donors (Lipinski definition) is 0. The summed E-state index contributed by atoms with van der Waals surface area (Å²) in [5, 5.41) is 0.908. The first-order valence-corrected chi connectivity index (χ1v) is 9.18. The molecule has 2 nitrogen and oxygen atoms in total. The van der Waals surface area contributed by atoms with Gasteiger partial charge in [-0.05, 0) is 54.4 Å². The largest absolute Gasteiger partial charge is 0.416 e. The third kappa shape index (κ3) is 3.68. The summed E-state index contributed by atoms with van der Waals surface area (Å²) in [5.74, 6) is -0.0120. The maximum atomic E-state index is 13.0. The van der Waals surface area contributed by atoms with E-state index in [0.29, 0.717) is 5.56 Å². The molecule has 0 saturated carbocycles. The molecule has 0 aliphatic heterocycles. The van der Waals surface area contributed by atoms with E-state index in [-0.39, 0.29) is 11.8 Å². The van der Waals surface area contributed by atoms with Crippen LogP contribution >= 0.6 is 0 Å². The molecule has 146 valence electrons. The van der Waals surface area contributed by atoms with Gasteiger partial charge in [0.15, 0.2) is 5.78 Å². The second-order valence-electron chi connectivity index (χ2n) is 6.99. The van der Waals surface area contributed by atoms with Gasteiger partial charge >= 0.3 is 6.18 Å². The maximum absolute atomic E-state index is 13.0. The van der Waals surface area contributed by atoms with Gasteiger partial charge in [-0.3, -0.25) is 4.79 Å². The van der Waals surface area contributed by atoms with Crippen molar-refractivity contribution in [2.75, 3.05) is 0 Å². The van der Waals surface area contributed by atoms with Gasteiger partial charge in [0.25, 0.3) is 0 Å². The van der Waals surface area contributed by atoms with Crippen LogP contribution in [0.2, 0.25) is 0 Å². The van der Waals surface area contributed by atoms with Crippen molar-refractivity contribution in [2.45, 2.75) is 19.1 Å². The molecule has 1 heterocycles. The van der Waals surface area contributed by atoms with Crippen molar-refractivity contribution < 1.29 is 18.0 Å². The molecule has 1 aromatic heterocycles. The maximum Gasteiger partial charge on any atom is 0.416 e. The Balaban J connectivity index is 1.86. The Hall–Kier alpha value is -3.34. The van der Waals surface area contributed by atoms with Gasteiger partial charge in [0.1, 0.15) is 0 Å². The lowest BCUT2D eigenvalue weighted by Gasteiger charge is -2.22. The number of alkyl halides is 3. The van der Waals surface area contributed by atoms with Gasteiger partial charge in [0.05, 0.1) is 11.6 Å². The van der Waals surface area contributed by atoms with Crippen molar-refractivity contribution in [1.82, 2.24) is 4.57 Å². The first-order valence-electron chi connectivity index (χ1n) is 9.18. The zero-order valence-electron chi connectivity index (χ0n) is 15.6. The molecule has 0 bridgehead atoms. The highest BCUT2D eigenvalue weighted by atomic mass is 19.4. The molecule has 3 aromatic carbocycles. The van der Waals surface area contributed by atoms with Gasteiger partial charge in [-0.15, -0.1) is 0 Å². The van der Waals surface area contributed by atoms with Crippen LogP contribution in [0.3, 0.4) is 0 Å². The SMILES string of the molecule is CC(=O)c1ccc2c(ccn2C(c2ccccc2)c2ccc(C(F)(F)F)cc2)c1. The third-order valence-electron chi connectivity index (χ3n) is 5.07. The van der Waals surface area contributed by atoms with Crippen LogP contribution in [0, 0.1) is 0 Å². The number of carbonyl (C=O) groups is 1. The van der Waals surface area contributed by atoms with Gasteiger partial charge in [-0.2, -0.15) is 13.2 Å². The summed E-state index contributed by atoms with van der Waals surface area (Å²) in [6.45, 7) is 1.52. The fraction of sp³-hybridized carbons (Fsp3) is 0.125. The molecule has 0 saturated heterocycles. The van der Waals surface area contributed by atoms with E-state index >= 15 is 0 Å². The molecular weight excluding hydrogens is 375 g/mol. The van der Waals surface area contributed by atoms with E-state index < -0.39 is 11.7 Å². The van der Waals surface area contributed by atoms with Crippen molar-refractivity contribution in [3.8, 4) is 0 Å². The van der Waals surface area contributed by atoms with E-state index in [1.165, 1.54) is 19.1 Å². The van der Waals surface area contributed by atoms with Gasteiger partial charge in [0, 0.05) is 22.7 Å². The van der Waals surface area contributed by atoms with Crippen LogP contribution in [0.15, 0.2) is 85.1 Å². The lowest BCUT2D eigenvalue weighted by atomic mass is 9.97. The van der Waals surface area contributed by atoms with Crippen LogP contribution in [-0.4, -0.2) is 10.4 Å². The molecule has 0 N–H and O–H groups in total. The first kappa shape index (κ1) is 19.0. The van der Waals surface area contributed by atoms with E-state index in [9.17, 15) is 18.0 Å². The normalized spacial score (nSPS) is 12.8. The predicted molar refractivity (Wildman–Crippen MR) is 107 cm³/mol. The molecule has 0 aliphatic rings. The summed E-state index contributed by atoms with van der Waals surface area (Å²) in [5.41, 5.74) is 2.57. The average molecular weight is 393 g/mol. The standard InChI is InChI=1S/C24H18F3NO/c1-16(29)19-9-12-22-20(15-19)13-14-28(22)23(17-5-3-2-4-6-17)18-7-10-21(11-8-18)24(25,26)27/h2-15,23H,1H3. The van der Waals surface area contributed by atoms with Crippen LogP contribution in [-0.2, 0) is 6.18 Å². The van der Waals surface area contributed by atoms with E-state index in [4.69, 9.17) is 0 Å². The first-order chi connectivity index (χ1) is 13.8. The molecule has 0 fully saturated rings. The van der Waals surface area contributed by atoms with E-state index in [1.54, 1.807) is 6.07 Å². The van der Waals surface area contributed by atoms with Crippen LogP contribution in [0.4, 0.5) is 13.2 Å². The minimum absolute atomic E-state index is 0.0120. The predicted octanol–water partition coefficient (Wildman–Crippen LogP) is 6.50. The smallest absolute Gasteiger partial charge is 0.336 e. The van der Waals surface area contributed by atoms with Crippen molar-refractivity contribution in [1.29, 1.82) is 0 Å². The van der Waals surface area contributed by atoms with Gasteiger partial charge in [0.2, 0.25) is 0 Å². The van der Waals surface area contributed by atoms with Gasteiger partial charge in [-0.1, -0.05) is 42.5 Å². The molecule has 5 heteroatoms. The highest BCUT2D eigenvalue weighted by molar-refractivity contribution is 5.98. The van der Waals surface area contributed by atoms with E-state index in [2.05, 4.69) is 0 Å². The number of rotatable bonds is 4. The average Bonchev–Trinajstić information content (AvgIpc) is 3.12. The Morgan fingerprint density at radius 1 is 0.862 bits per heavy atom. The van der Waals surface area contributed by atoms with E-state index in [0.717, 1.165) is 34.2 Å². The molecule has 4 rings (SSSR count). The van der Waals surface area contributed by atoms with Crippen molar-refractivity contribution in [2.24, 2.45) is 0 Å². The third-order valence-corrected chi connectivity index (χ3v) is 5.07. The number of halogens is 3. The highest BCUT2D eigenvalue weighted by Crippen LogP contribution is 2.34. The molecule has 1 unspecified atom stereocenters. The zero-order valence-corrected chi connectivity index (χ0v) is 15.6. The van der Waals surface area contributed by atoms with Crippen molar-refractivity contribution in [3.63, 3.8) is 0 Å². The Morgan fingerprint density at radius 2 is 1.52 bits per heavy atom. The quantitative estimate of drug-likeness (QED) is 0.363. The number of aromatic nitrogens is 1. The number of fused-ring (bicyclic) bond motifs is 1. The molecule has 0 aliphatic carbocycles. The second kappa shape index (κ2) is 7.24. The summed E-state index contributed by atoms with van der Waals surface area (Å²) in [4.78, 5) is 11.7. The van der Waals surface area contributed by atoms with Gasteiger partial charge < -0.3 is 4.57 Å². The Kier molecular flexibility index (Phi) is 4.74. The number of ketones is 1. The van der Waals surface area contributed by atoms with Crippen LogP contribution in [0.1, 0.15) is 40.0 Å². The number of benzene rings is 3. The van der Waals surface area contributed by atoms with Gasteiger partial charge in [-0.25, -0.2) is 0 Å². The summed E-state index contributed by atoms with van der Waals surface area (Å²) in [7, 11) is 0. The monoisotopic (exact) mass is 393 g/mol. The summed E-state index contributed by atoms with van der Waals surface area (Å²) in [6.07, 6.45) is -2.46. The van der Waals surface area contributed by atoms with Crippen LogP contribution in [0.5, 0.6) is 0 Å². The Labute approximate surface area is 166 Å². The Morgan fingerprint density at radius 3 is 2.14 bits per heavy atom. The molecule has 1 atom stereocenters. The summed E-state index contributed by atoms with van der Waals surface area (Å²) < 4.78 is 41.0. The van der Waals surface area contributed by atoms with Crippen LogP contribution < -0.4 is 0 Å². The fourth-order valence-corrected chi connectivity index (χ4v) is 3.61. The lowest BCUT2D eigenvalue weighted by molar-refractivity contribution is -0.137. The fourth-order valence-electron chi connectivity index (χ4n) is 3.61. The summed E-state index contributed by atoms with van der Waals surface area (Å²) >= 11 is 0. The molecule has 4 aromatic rings. The zero-order chi connectivity index (χ0) is 20.6. The topological polar surface area (TPSA) is 22.0 Å². The van der Waals surface area contributed by atoms with E-state index in [1.807, 2.05) is 59.3 Å². The minimum atomic E-state index is -4.37. The summed E-state index contributed by atoms with van der Waals surface area (Å²) in [6, 6.07) is 22.0. The molecule has 0 amide bonds. The molecular formula is C24H18F3NO. The number of nitrogens with zero attached hydrogens (tertiary/aromatic N) is 1. The lowest BCUT2D eigenvalue weighted by Crippen LogP contribution is -2.12. The Bertz CT molecular complexity index is 1160. The number of Topliss-reactive ketones (excluding diaryl/α,β-unsaturated/α-hetero) is 1. The number of carbonyl (C=O) groups excluding carboxylic acids is 1. The van der Waals surface area contributed by atoms with Crippen LogP contribution in [0.25, 0.3) is 10.9 Å². The number of hydrogen-bond acceptors (Lipinski definition) is 1. The molecule has 0 spiro atoms. The highest BCUT2D eigenvalue weighted by Gasteiger charge is 2.30. The second-order valence-corrected chi connectivity index (χ2v) is 6.99. The minimum Gasteiger partial charge on any atom is -0.336 e. The van der Waals surface area contributed by atoms with Crippen molar-refractivity contribution >= 4 is 16.7 Å². The molecule has 0 radical (unpaired) electrons. The van der Waals surface area contributed by atoms with Crippen molar-refractivity contribution in [3.05, 3.63) is 107 Å². The molecule has 29 heavy (non-hydrogen) atoms.